The number of ketones is 1. The minimum atomic E-state index is -1.07. The Hall–Kier alpha value is -2.17. The van der Waals surface area contributed by atoms with Gasteiger partial charge in [0.05, 0.1) is 0 Å². The second-order valence-corrected chi connectivity index (χ2v) is 5.87. The molecule has 0 aromatic heterocycles. The Labute approximate surface area is 130 Å². The number of carboxylic acids is 1. The first-order valence-electron chi connectivity index (χ1n) is 7.35. The number of nitrogens with one attached hydrogen (secondary N) is 1. The van der Waals surface area contributed by atoms with Gasteiger partial charge in [-0.3, -0.25) is 9.59 Å². The van der Waals surface area contributed by atoms with Gasteiger partial charge in [-0.15, -0.1) is 0 Å². The van der Waals surface area contributed by atoms with Crippen LogP contribution >= 0.6 is 0 Å². The lowest BCUT2D eigenvalue weighted by molar-refractivity contribution is -0.143. The number of benzene rings is 1. The van der Waals surface area contributed by atoms with Gasteiger partial charge in [0, 0.05) is 18.4 Å². The van der Waals surface area contributed by atoms with Crippen LogP contribution in [0.15, 0.2) is 18.2 Å². The third kappa shape index (κ3) is 4.98. The molecule has 0 aliphatic rings. The third-order valence-corrected chi connectivity index (χ3v) is 3.52. The molecule has 0 unspecified atom stereocenters. The van der Waals surface area contributed by atoms with Gasteiger partial charge < -0.3 is 10.4 Å². The Morgan fingerprint density at radius 2 is 1.77 bits per heavy atom. The van der Waals surface area contributed by atoms with E-state index in [0.717, 1.165) is 11.1 Å². The highest BCUT2D eigenvalue weighted by Gasteiger charge is 2.23. The number of carbonyl (C=O) groups excluding carboxylic acids is 2. The Morgan fingerprint density at radius 1 is 1.14 bits per heavy atom. The molecule has 1 rings (SSSR count). The predicted molar refractivity (Wildman–Crippen MR) is 83.9 cm³/mol. The average molecular weight is 305 g/mol. The van der Waals surface area contributed by atoms with E-state index in [1.54, 1.807) is 13.8 Å². The number of carboxylic acid groups (broad SMARTS) is 1. The molecule has 2 N–H and O–H groups in total. The topological polar surface area (TPSA) is 83.5 Å². The van der Waals surface area contributed by atoms with Gasteiger partial charge >= 0.3 is 5.97 Å². The Kier molecular flexibility index (Phi) is 6.28. The number of Topliss-reactive ketones (excluding diaryl/α,β-unsaturated/α-hetero) is 1. The number of rotatable bonds is 7. The largest absolute Gasteiger partial charge is 0.480 e. The predicted octanol–water partition coefficient (Wildman–Crippen LogP) is 2.49. The Bertz CT molecular complexity index is 578. The summed E-state index contributed by atoms with van der Waals surface area (Å²) in [5.74, 6) is -1.80. The molecule has 0 saturated carbocycles. The first kappa shape index (κ1) is 17.9. The molecule has 0 saturated heterocycles. The van der Waals surface area contributed by atoms with Gasteiger partial charge in [0.25, 0.3) is 0 Å². The summed E-state index contributed by atoms with van der Waals surface area (Å²) in [6.45, 7) is 7.20. The van der Waals surface area contributed by atoms with Gasteiger partial charge in [0.2, 0.25) is 5.91 Å². The summed E-state index contributed by atoms with van der Waals surface area (Å²) in [4.78, 5) is 35.0. The minimum Gasteiger partial charge on any atom is -0.480 e. The van der Waals surface area contributed by atoms with E-state index in [4.69, 9.17) is 5.11 Å². The smallest absolute Gasteiger partial charge is 0.326 e. The van der Waals surface area contributed by atoms with Crippen LogP contribution in [0.25, 0.3) is 0 Å². The van der Waals surface area contributed by atoms with E-state index >= 15 is 0 Å². The maximum atomic E-state index is 12.2. The monoisotopic (exact) mass is 305 g/mol. The molecule has 5 nitrogen and oxygen atoms in total. The van der Waals surface area contributed by atoms with E-state index in [1.807, 2.05) is 32.0 Å². The number of hydrogen-bond donors (Lipinski definition) is 2. The molecule has 0 spiro atoms. The molecule has 0 heterocycles. The van der Waals surface area contributed by atoms with E-state index < -0.39 is 17.9 Å². The molecule has 1 atom stereocenters. The van der Waals surface area contributed by atoms with Crippen molar-refractivity contribution in [1.29, 1.82) is 0 Å². The SMILES string of the molecule is Cc1ccc(C)c(C(=O)CCC(=O)N[C@H](C(=O)O)C(C)C)c1. The summed E-state index contributed by atoms with van der Waals surface area (Å²) in [6.07, 6.45) is 0.0588. The summed E-state index contributed by atoms with van der Waals surface area (Å²) in [7, 11) is 0. The fraction of sp³-hybridized carbons (Fsp3) is 0.471. The van der Waals surface area contributed by atoms with Crippen molar-refractivity contribution in [2.24, 2.45) is 5.92 Å². The highest BCUT2D eigenvalue weighted by Crippen LogP contribution is 2.14. The molecule has 0 aliphatic heterocycles. The van der Waals surface area contributed by atoms with Crippen LogP contribution in [0.5, 0.6) is 0 Å². The van der Waals surface area contributed by atoms with Crippen LogP contribution in [0.3, 0.4) is 0 Å². The molecule has 5 heteroatoms. The zero-order valence-corrected chi connectivity index (χ0v) is 13.5. The maximum Gasteiger partial charge on any atom is 0.326 e. The van der Waals surface area contributed by atoms with Gasteiger partial charge in [-0.2, -0.15) is 0 Å². The van der Waals surface area contributed by atoms with Crippen molar-refractivity contribution in [2.45, 2.75) is 46.6 Å². The number of carbonyl (C=O) groups is 3. The Morgan fingerprint density at radius 3 is 2.32 bits per heavy atom. The molecule has 1 aromatic carbocycles. The average Bonchev–Trinajstić information content (AvgIpc) is 2.44. The normalized spacial score (nSPS) is 12.0. The van der Waals surface area contributed by atoms with Gasteiger partial charge in [0.1, 0.15) is 6.04 Å². The van der Waals surface area contributed by atoms with Crippen molar-refractivity contribution < 1.29 is 19.5 Å². The lowest BCUT2D eigenvalue weighted by Gasteiger charge is -2.17. The molecule has 22 heavy (non-hydrogen) atoms. The van der Waals surface area contributed by atoms with E-state index in [2.05, 4.69) is 5.32 Å². The highest BCUT2D eigenvalue weighted by molar-refractivity contribution is 5.99. The standard InChI is InChI=1S/C17H23NO4/c1-10(2)16(17(21)22)18-15(20)8-7-14(19)13-9-11(3)5-6-12(13)4/h5-6,9-10,16H,7-8H2,1-4H3,(H,18,20)(H,21,22)/t16-/m0/s1. The molecule has 0 radical (unpaired) electrons. The van der Waals surface area contributed by atoms with Gasteiger partial charge in [0.15, 0.2) is 5.78 Å². The van der Waals surface area contributed by atoms with Crippen LogP contribution in [0.2, 0.25) is 0 Å². The zero-order valence-electron chi connectivity index (χ0n) is 13.5. The number of aliphatic carboxylic acids is 1. The summed E-state index contributed by atoms with van der Waals surface area (Å²) >= 11 is 0. The summed E-state index contributed by atoms with van der Waals surface area (Å²) in [5, 5.41) is 11.5. The molecular weight excluding hydrogens is 282 g/mol. The molecule has 1 aromatic rings. The molecule has 0 fully saturated rings. The van der Waals surface area contributed by atoms with E-state index in [1.165, 1.54) is 0 Å². The molecule has 120 valence electrons. The van der Waals surface area contributed by atoms with Crippen LogP contribution in [0.1, 0.15) is 48.2 Å². The summed E-state index contributed by atoms with van der Waals surface area (Å²) < 4.78 is 0. The van der Waals surface area contributed by atoms with Crippen molar-refractivity contribution in [2.75, 3.05) is 0 Å². The van der Waals surface area contributed by atoms with Crippen LogP contribution in [-0.2, 0) is 9.59 Å². The Balaban J connectivity index is 2.62. The number of amides is 1. The number of hydrogen-bond acceptors (Lipinski definition) is 3. The van der Waals surface area contributed by atoms with E-state index in [-0.39, 0.29) is 24.5 Å². The van der Waals surface area contributed by atoms with Crippen molar-refractivity contribution >= 4 is 17.7 Å². The van der Waals surface area contributed by atoms with Crippen LogP contribution in [0.4, 0.5) is 0 Å². The summed E-state index contributed by atoms with van der Waals surface area (Å²) in [5.41, 5.74) is 2.48. The first-order valence-corrected chi connectivity index (χ1v) is 7.35. The fourth-order valence-electron chi connectivity index (χ4n) is 2.16. The van der Waals surface area contributed by atoms with E-state index in [0.29, 0.717) is 5.56 Å². The van der Waals surface area contributed by atoms with Crippen molar-refractivity contribution in [3.63, 3.8) is 0 Å². The molecule has 0 bridgehead atoms. The second-order valence-electron chi connectivity index (χ2n) is 5.87. The lowest BCUT2D eigenvalue weighted by atomic mass is 9.99. The summed E-state index contributed by atoms with van der Waals surface area (Å²) in [6, 6.07) is 4.69. The van der Waals surface area contributed by atoms with Crippen molar-refractivity contribution in [3.05, 3.63) is 34.9 Å². The highest BCUT2D eigenvalue weighted by atomic mass is 16.4. The van der Waals surface area contributed by atoms with Crippen LogP contribution < -0.4 is 5.32 Å². The van der Waals surface area contributed by atoms with Crippen LogP contribution in [0, 0.1) is 19.8 Å². The molecule has 1 amide bonds. The number of aryl methyl sites for hydroxylation is 2. The van der Waals surface area contributed by atoms with Gasteiger partial charge in [-0.05, 0) is 31.4 Å². The van der Waals surface area contributed by atoms with E-state index in [9.17, 15) is 14.4 Å². The molecule has 0 aliphatic carbocycles. The zero-order chi connectivity index (χ0) is 16.9. The van der Waals surface area contributed by atoms with Gasteiger partial charge in [-0.25, -0.2) is 4.79 Å². The van der Waals surface area contributed by atoms with Crippen molar-refractivity contribution in [1.82, 2.24) is 5.32 Å². The maximum absolute atomic E-state index is 12.2. The quantitative estimate of drug-likeness (QED) is 0.758. The fourth-order valence-corrected chi connectivity index (χ4v) is 2.16. The third-order valence-electron chi connectivity index (χ3n) is 3.52. The molecular formula is C17H23NO4. The minimum absolute atomic E-state index is 0.0112. The van der Waals surface area contributed by atoms with Gasteiger partial charge in [-0.1, -0.05) is 31.5 Å². The first-order chi connectivity index (χ1) is 10.2. The van der Waals surface area contributed by atoms with Crippen LogP contribution in [-0.4, -0.2) is 28.8 Å². The second kappa shape index (κ2) is 7.73. The van der Waals surface area contributed by atoms with Crippen molar-refractivity contribution in [3.8, 4) is 0 Å². The lowest BCUT2D eigenvalue weighted by Crippen LogP contribution is -2.44.